The predicted octanol–water partition coefficient (Wildman–Crippen LogP) is 4.81. The molecule has 0 aliphatic carbocycles. The largest absolute Gasteiger partial charge is 0.573 e. The number of nitrogens with two attached hydrogens (primary N) is 1. The molecule has 1 aliphatic rings. The molecule has 12 heteroatoms. The van der Waals surface area contributed by atoms with Crippen molar-refractivity contribution in [2.24, 2.45) is 10.8 Å². The number of ether oxygens (including phenoxy) is 3. The van der Waals surface area contributed by atoms with E-state index in [2.05, 4.69) is 14.8 Å². The lowest BCUT2D eigenvalue weighted by Crippen LogP contribution is -2.45. The van der Waals surface area contributed by atoms with Crippen LogP contribution in [0.5, 0.6) is 11.5 Å². The highest BCUT2D eigenvalue weighted by Crippen LogP contribution is 2.34. The Balaban J connectivity index is 1.62. The number of hydrazone groups is 1. The smallest absolute Gasteiger partial charge is 0.493 e. The van der Waals surface area contributed by atoms with Crippen molar-refractivity contribution >= 4 is 17.6 Å². The lowest BCUT2D eigenvalue weighted by molar-refractivity contribution is -0.275. The maximum Gasteiger partial charge on any atom is 0.573 e. The first-order valence-corrected chi connectivity index (χ1v) is 11.4. The number of methoxy groups -OCH3 is 1. The Morgan fingerprint density at radius 3 is 2.34 bits per heavy atom. The second-order valence-corrected chi connectivity index (χ2v) is 8.16. The van der Waals surface area contributed by atoms with Gasteiger partial charge in [-0.05, 0) is 42.3 Å². The molecule has 0 saturated carbocycles. The molecule has 9 nitrogen and oxygen atoms in total. The number of amides is 1. The topological polar surface area (TPSA) is 116 Å². The number of rotatable bonds is 8. The standard InChI is InChI=1S/C26H23F3N4O5/c1-3-19-22(18-8-9-20(21(14-18)36-2)38-26(27,28)29)32-33(25(35)37-19)24(30)17-6-4-15(5-7-17)23(34)16-10-12-31-13-11-16/h4-14,19,24H,3,30H2,1-2H3. The normalized spacial score (nSPS) is 16.4. The van der Waals surface area contributed by atoms with Gasteiger partial charge in [0.05, 0.1) is 7.11 Å². The molecule has 1 aliphatic heterocycles. The van der Waals surface area contributed by atoms with Crippen molar-refractivity contribution in [1.29, 1.82) is 0 Å². The average molecular weight is 528 g/mol. The minimum Gasteiger partial charge on any atom is -0.493 e. The zero-order chi connectivity index (χ0) is 27.4. The van der Waals surface area contributed by atoms with Gasteiger partial charge in [0.1, 0.15) is 18.0 Å². The first-order chi connectivity index (χ1) is 18.1. The summed E-state index contributed by atoms with van der Waals surface area (Å²) in [6.07, 6.45) is -4.16. The van der Waals surface area contributed by atoms with E-state index < -0.39 is 30.5 Å². The van der Waals surface area contributed by atoms with Crippen LogP contribution in [0.3, 0.4) is 0 Å². The molecule has 2 atom stereocenters. The van der Waals surface area contributed by atoms with Crippen LogP contribution < -0.4 is 15.2 Å². The number of pyridine rings is 1. The average Bonchev–Trinajstić information content (AvgIpc) is 2.92. The third-order valence-corrected chi connectivity index (χ3v) is 5.73. The van der Waals surface area contributed by atoms with Crippen molar-refractivity contribution in [3.05, 3.63) is 89.2 Å². The summed E-state index contributed by atoms with van der Waals surface area (Å²) in [5.41, 5.74) is 8.30. The number of cyclic esters (lactones) is 1. The van der Waals surface area contributed by atoms with Crippen molar-refractivity contribution in [2.75, 3.05) is 7.11 Å². The third kappa shape index (κ3) is 5.75. The fourth-order valence-electron chi connectivity index (χ4n) is 3.83. The first kappa shape index (κ1) is 26.6. The molecule has 4 rings (SSSR count). The van der Waals surface area contributed by atoms with Crippen molar-refractivity contribution in [3.8, 4) is 11.5 Å². The van der Waals surface area contributed by atoms with Gasteiger partial charge < -0.3 is 19.9 Å². The second-order valence-electron chi connectivity index (χ2n) is 8.16. The summed E-state index contributed by atoms with van der Waals surface area (Å²) >= 11 is 0. The molecule has 2 N–H and O–H groups in total. The van der Waals surface area contributed by atoms with Gasteiger partial charge in [-0.25, -0.2) is 4.79 Å². The van der Waals surface area contributed by atoms with Crippen molar-refractivity contribution in [3.63, 3.8) is 0 Å². The summed E-state index contributed by atoms with van der Waals surface area (Å²) in [7, 11) is 1.20. The van der Waals surface area contributed by atoms with E-state index in [0.29, 0.717) is 28.7 Å². The number of halogens is 3. The quantitative estimate of drug-likeness (QED) is 0.417. The molecule has 0 bridgehead atoms. The lowest BCUT2D eigenvalue weighted by atomic mass is 10.0. The monoisotopic (exact) mass is 528 g/mol. The Kier molecular flexibility index (Phi) is 7.62. The number of carbonyl (C=O) groups excluding carboxylic acids is 2. The predicted molar refractivity (Wildman–Crippen MR) is 130 cm³/mol. The van der Waals surface area contributed by atoms with Crippen LogP contribution in [0.15, 0.2) is 72.1 Å². The second kappa shape index (κ2) is 10.9. The zero-order valence-electron chi connectivity index (χ0n) is 20.3. The molecule has 0 spiro atoms. The van der Waals surface area contributed by atoms with Gasteiger partial charge >= 0.3 is 12.5 Å². The summed E-state index contributed by atoms with van der Waals surface area (Å²) in [4.78, 5) is 29.3. The number of hydrogen-bond acceptors (Lipinski definition) is 8. The van der Waals surface area contributed by atoms with Crippen molar-refractivity contribution in [1.82, 2.24) is 9.99 Å². The SMILES string of the molecule is CCC1OC(=O)N(C(N)c2ccc(C(=O)c3ccncc3)cc2)N=C1c1ccc(OC(F)(F)F)c(OC)c1. The van der Waals surface area contributed by atoms with Crippen molar-refractivity contribution < 1.29 is 37.0 Å². The van der Waals surface area contributed by atoms with Gasteiger partial charge in [-0.15, -0.1) is 13.2 Å². The molecule has 2 aromatic carbocycles. The highest BCUT2D eigenvalue weighted by molar-refractivity contribution is 6.09. The number of nitrogens with zero attached hydrogens (tertiary/aromatic N) is 3. The van der Waals surface area contributed by atoms with E-state index in [1.807, 2.05) is 0 Å². The Morgan fingerprint density at radius 1 is 1.08 bits per heavy atom. The van der Waals surface area contributed by atoms with Crippen LogP contribution in [0.2, 0.25) is 0 Å². The maximum atomic E-state index is 12.7. The van der Waals surface area contributed by atoms with Gasteiger partial charge in [0.2, 0.25) is 0 Å². The Bertz CT molecular complexity index is 1350. The van der Waals surface area contributed by atoms with Crippen LogP contribution in [0, 0.1) is 0 Å². The van der Waals surface area contributed by atoms with E-state index in [4.69, 9.17) is 15.2 Å². The van der Waals surface area contributed by atoms with Gasteiger partial charge in [0.15, 0.2) is 17.3 Å². The number of hydrogen-bond donors (Lipinski definition) is 1. The summed E-state index contributed by atoms with van der Waals surface area (Å²) < 4.78 is 52.8. The Labute approximate surface area is 215 Å². The minimum atomic E-state index is -4.90. The summed E-state index contributed by atoms with van der Waals surface area (Å²) in [5, 5.41) is 5.34. The highest BCUT2D eigenvalue weighted by atomic mass is 19.4. The van der Waals surface area contributed by atoms with Gasteiger partial charge in [-0.2, -0.15) is 10.1 Å². The maximum absolute atomic E-state index is 12.7. The molecule has 198 valence electrons. The first-order valence-electron chi connectivity index (χ1n) is 11.4. The minimum absolute atomic E-state index is 0.181. The van der Waals surface area contributed by atoms with E-state index in [9.17, 15) is 22.8 Å². The van der Waals surface area contributed by atoms with Crippen LogP contribution in [0.1, 0.15) is 46.6 Å². The summed E-state index contributed by atoms with van der Waals surface area (Å²) in [6.45, 7) is 1.76. The molecule has 2 heterocycles. The number of benzene rings is 2. The van der Waals surface area contributed by atoms with E-state index in [-0.39, 0.29) is 17.2 Å². The van der Waals surface area contributed by atoms with Crippen molar-refractivity contribution in [2.45, 2.75) is 32.0 Å². The Morgan fingerprint density at radius 2 is 1.74 bits per heavy atom. The number of ketones is 1. The van der Waals surface area contributed by atoms with Crippen LogP contribution in [0.4, 0.5) is 18.0 Å². The molecular formula is C26H23F3N4O5. The number of alkyl halides is 3. The van der Waals surface area contributed by atoms with Gasteiger partial charge in [-0.1, -0.05) is 31.2 Å². The van der Waals surface area contributed by atoms with Gasteiger partial charge in [0.25, 0.3) is 0 Å². The van der Waals surface area contributed by atoms with Crippen LogP contribution in [-0.4, -0.2) is 47.2 Å². The molecule has 2 unspecified atom stereocenters. The molecule has 38 heavy (non-hydrogen) atoms. The molecule has 3 aromatic rings. The van der Waals surface area contributed by atoms with Crippen LogP contribution in [-0.2, 0) is 4.74 Å². The zero-order valence-corrected chi connectivity index (χ0v) is 20.3. The van der Waals surface area contributed by atoms with Gasteiger partial charge in [-0.3, -0.25) is 9.78 Å². The van der Waals surface area contributed by atoms with E-state index >= 15 is 0 Å². The highest BCUT2D eigenvalue weighted by Gasteiger charge is 2.36. The molecule has 0 saturated heterocycles. The fourth-order valence-corrected chi connectivity index (χ4v) is 3.83. The molecule has 1 aromatic heterocycles. The number of aromatic nitrogens is 1. The molecule has 1 amide bonds. The molecular weight excluding hydrogens is 505 g/mol. The lowest BCUT2D eigenvalue weighted by Gasteiger charge is -2.32. The van der Waals surface area contributed by atoms with E-state index in [1.165, 1.54) is 31.6 Å². The Hall–Kier alpha value is -4.45. The van der Waals surface area contributed by atoms with Crippen LogP contribution >= 0.6 is 0 Å². The van der Waals surface area contributed by atoms with Gasteiger partial charge in [0, 0.05) is 29.1 Å². The summed E-state index contributed by atoms with van der Waals surface area (Å²) in [5.74, 6) is -0.914. The number of carbonyl (C=O) groups is 2. The summed E-state index contributed by atoms with van der Waals surface area (Å²) in [6, 6.07) is 13.3. The molecule has 0 fully saturated rings. The molecule has 0 radical (unpaired) electrons. The van der Waals surface area contributed by atoms with E-state index in [0.717, 1.165) is 11.1 Å². The van der Waals surface area contributed by atoms with Crippen LogP contribution in [0.25, 0.3) is 0 Å². The fraction of sp³-hybridized carbons (Fsp3) is 0.231. The van der Waals surface area contributed by atoms with E-state index in [1.54, 1.807) is 43.3 Å². The third-order valence-electron chi connectivity index (χ3n) is 5.73.